The van der Waals surface area contributed by atoms with Crippen LogP contribution in [0.2, 0.25) is 0 Å². The van der Waals surface area contributed by atoms with Crippen LogP contribution in [0.15, 0.2) is 23.1 Å². The molecule has 3 aliphatic rings. The molecule has 8 nitrogen and oxygen atoms in total. The summed E-state index contributed by atoms with van der Waals surface area (Å²) in [6.45, 7) is 2.39. The minimum Gasteiger partial charge on any atom is -0.375 e. The van der Waals surface area contributed by atoms with Gasteiger partial charge in [0.25, 0.3) is 0 Å². The number of aromatic nitrogens is 4. The average Bonchev–Trinajstić information content (AvgIpc) is 3.29. The van der Waals surface area contributed by atoms with Crippen molar-refractivity contribution < 1.29 is 14.1 Å². The van der Waals surface area contributed by atoms with Crippen molar-refractivity contribution in [3.05, 3.63) is 24.5 Å². The Labute approximate surface area is 189 Å². The van der Waals surface area contributed by atoms with Gasteiger partial charge in [-0.05, 0) is 50.4 Å². The van der Waals surface area contributed by atoms with E-state index in [9.17, 15) is 4.79 Å². The smallest absolute Gasteiger partial charge is 0.227 e. The molecule has 1 aliphatic carbocycles. The van der Waals surface area contributed by atoms with Crippen LogP contribution in [0, 0.1) is 11.8 Å². The van der Waals surface area contributed by atoms with E-state index in [2.05, 4.69) is 25.0 Å². The average molecular weight is 440 g/mol. The Balaban J connectivity index is 1.13. The number of ether oxygens (including phenoxy) is 1. The van der Waals surface area contributed by atoms with Crippen molar-refractivity contribution >= 4 is 5.91 Å². The van der Waals surface area contributed by atoms with Crippen molar-refractivity contribution in [2.75, 3.05) is 19.7 Å². The number of carbonyl (C=O) groups excluding carboxylic acids is 1. The Morgan fingerprint density at radius 1 is 1.09 bits per heavy atom. The quantitative estimate of drug-likeness (QED) is 0.699. The van der Waals surface area contributed by atoms with Crippen LogP contribution < -0.4 is 0 Å². The van der Waals surface area contributed by atoms with Crippen LogP contribution in [0.5, 0.6) is 0 Å². The van der Waals surface area contributed by atoms with Gasteiger partial charge < -0.3 is 14.2 Å². The maximum absolute atomic E-state index is 12.8. The molecule has 1 amide bonds. The van der Waals surface area contributed by atoms with Crippen LogP contribution in [0.3, 0.4) is 0 Å². The Morgan fingerprint density at radius 3 is 2.72 bits per heavy atom. The van der Waals surface area contributed by atoms with Crippen LogP contribution in [0.4, 0.5) is 0 Å². The molecule has 5 rings (SSSR count). The zero-order chi connectivity index (χ0) is 21.8. The summed E-state index contributed by atoms with van der Waals surface area (Å²) in [5.74, 6) is 2.53. The van der Waals surface area contributed by atoms with Gasteiger partial charge in [-0.15, -0.1) is 0 Å². The molecule has 8 heteroatoms. The molecule has 0 N–H and O–H groups in total. The highest BCUT2D eigenvalue weighted by Crippen LogP contribution is 2.39. The summed E-state index contributed by atoms with van der Waals surface area (Å²) in [4.78, 5) is 27.7. The van der Waals surface area contributed by atoms with E-state index in [1.165, 1.54) is 32.1 Å². The first-order chi connectivity index (χ1) is 15.7. The molecule has 0 aromatic carbocycles. The number of piperidine rings is 1. The number of nitrogens with zero attached hydrogens (tertiary/aromatic N) is 5. The van der Waals surface area contributed by atoms with E-state index in [0.29, 0.717) is 35.2 Å². The predicted molar refractivity (Wildman–Crippen MR) is 117 cm³/mol. The number of carbonyl (C=O) groups is 1. The first kappa shape index (κ1) is 21.5. The van der Waals surface area contributed by atoms with Gasteiger partial charge in [0.2, 0.25) is 17.6 Å². The van der Waals surface area contributed by atoms with Gasteiger partial charge in [-0.25, -0.2) is 4.98 Å². The highest BCUT2D eigenvalue weighted by Gasteiger charge is 2.41. The summed E-state index contributed by atoms with van der Waals surface area (Å²) in [5, 5.41) is 4.07. The van der Waals surface area contributed by atoms with Gasteiger partial charge >= 0.3 is 0 Å². The van der Waals surface area contributed by atoms with Crippen molar-refractivity contribution in [3.8, 4) is 11.5 Å². The first-order valence-electron chi connectivity index (χ1n) is 12.2. The first-order valence-corrected chi connectivity index (χ1v) is 12.2. The second-order valence-corrected chi connectivity index (χ2v) is 9.79. The topological polar surface area (TPSA) is 94.2 Å². The van der Waals surface area contributed by atoms with Crippen molar-refractivity contribution in [1.29, 1.82) is 0 Å². The van der Waals surface area contributed by atoms with Crippen molar-refractivity contribution in [2.24, 2.45) is 11.8 Å². The SMILES string of the molecule is O=C(CC1CCCCC1)N1CCC2(CC1)CC(Cc1nc(-c3cnccn3)no1)CCO2. The zero-order valence-corrected chi connectivity index (χ0v) is 18.7. The van der Waals surface area contributed by atoms with E-state index in [1.807, 2.05) is 0 Å². The van der Waals surface area contributed by atoms with Gasteiger partial charge in [0.05, 0.1) is 11.8 Å². The molecular weight excluding hydrogens is 406 g/mol. The van der Waals surface area contributed by atoms with E-state index >= 15 is 0 Å². The fourth-order valence-corrected chi connectivity index (χ4v) is 5.69. The van der Waals surface area contributed by atoms with Gasteiger partial charge in [-0.1, -0.05) is 24.4 Å². The van der Waals surface area contributed by atoms with Gasteiger partial charge in [0.15, 0.2) is 0 Å². The zero-order valence-electron chi connectivity index (χ0n) is 18.7. The molecule has 4 heterocycles. The van der Waals surface area contributed by atoms with Crippen molar-refractivity contribution in [3.63, 3.8) is 0 Å². The minimum atomic E-state index is -0.113. The summed E-state index contributed by atoms with van der Waals surface area (Å²) in [5.41, 5.74) is 0.509. The third-order valence-corrected chi connectivity index (χ3v) is 7.53. The lowest BCUT2D eigenvalue weighted by Gasteiger charge is -2.46. The second-order valence-electron chi connectivity index (χ2n) is 9.79. The number of amides is 1. The maximum Gasteiger partial charge on any atom is 0.227 e. The van der Waals surface area contributed by atoms with E-state index < -0.39 is 0 Å². The summed E-state index contributed by atoms with van der Waals surface area (Å²) in [6, 6.07) is 0. The summed E-state index contributed by atoms with van der Waals surface area (Å²) in [6.07, 6.45) is 16.6. The van der Waals surface area contributed by atoms with Crippen LogP contribution in [-0.2, 0) is 16.0 Å². The fraction of sp³-hybridized carbons (Fsp3) is 0.708. The second kappa shape index (κ2) is 9.65. The van der Waals surface area contributed by atoms with Crippen LogP contribution >= 0.6 is 0 Å². The lowest BCUT2D eigenvalue weighted by molar-refractivity contribution is -0.148. The van der Waals surface area contributed by atoms with E-state index in [4.69, 9.17) is 9.26 Å². The monoisotopic (exact) mass is 439 g/mol. The molecule has 0 bridgehead atoms. The van der Waals surface area contributed by atoms with Crippen molar-refractivity contribution in [2.45, 2.75) is 76.2 Å². The minimum absolute atomic E-state index is 0.113. The molecule has 2 aromatic rings. The van der Waals surface area contributed by atoms with E-state index in [0.717, 1.165) is 58.2 Å². The summed E-state index contributed by atoms with van der Waals surface area (Å²) < 4.78 is 11.8. The number of hydrogen-bond donors (Lipinski definition) is 0. The number of likely N-dealkylation sites (tertiary alicyclic amines) is 1. The van der Waals surface area contributed by atoms with Crippen LogP contribution in [0.25, 0.3) is 11.5 Å². The highest BCUT2D eigenvalue weighted by atomic mass is 16.5. The molecule has 2 saturated heterocycles. The van der Waals surface area contributed by atoms with Gasteiger partial charge in [0.1, 0.15) is 5.69 Å². The van der Waals surface area contributed by atoms with Gasteiger partial charge in [0, 0.05) is 44.9 Å². The molecule has 1 atom stereocenters. The Hall–Kier alpha value is -2.35. The highest BCUT2D eigenvalue weighted by molar-refractivity contribution is 5.76. The third-order valence-electron chi connectivity index (χ3n) is 7.53. The molecule has 2 aliphatic heterocycles. The van der Waals surface area contributed by atoms with Crippen LogP contribution in [0.1, 0.15) is 70.1 Å². The maximum atomic E-state index is 12.8. The van der Waals surface area contributed by atoms with Gasteiger partial charge in [-0.3, -0.25) is 9.78 Å². The lowest BCUT2D eigenvalue weighted by Crippen LogP contribution is -2.51. The van der Waals surface area contributed by atoms with E-state index in [1.54, 1.807) is 18.6 Å². The normalized spacial score (nSPS) is 24.0. The number of rotatable bonds is 5. The molecular formula is C24H33N5O3. The standard InChI is InChI=1S/C24H33N5O3/c30-22(15-18-4-2-1-3-5-18)29-11-7-24(8-12-29)16-19(6-13-31-24)14-21-27-23(28-32-21)20-17-25-9-10-26-20/h9-10,17-19H,1-8,11-16H2. The molecule has 1 spiro atoms. The fourth-order valence-electron chi connectivity index (χ4n) is 5.69. The van der Waals surface area contributed by atoms with Gasteiger partial charge in [-0.2, -0.15) is 4.98 Å². The Kier molecular flexibility index (Phi) is 6.48. The molecule has 172 valence electrons. The third kappa shape index (κ3) is 5.00. The summed E-state index contributed by atoms with van der Waals surface area (Å²) >= 11 is 0. The number of hydrogen-bond acceptors (Lipinski definition) is 7. The molecule has 1 unspecified atom stereocenters. The molecule has 1 saturated carbocycles. The van der Waals surface area contributed by atoms with Crippen molar-refractivity contribution in [1.82, 2.24) is 25.0 Å². The molecule has 0 radical (unpaired) electrons. The summed E-state index contributed by atoms with van der Waals surface area (Å²) in [7, 11) is 0. The molecule has 32 heavy (non-hydrogen) atoms. The molecule has 3 fully saturated rings. The largest absolute Gasteiger partial charge is 0.375 e. The van der Waals surface area contributed by atoms with E-state index in [-0.39, 0.29) is 5.60 Å². The lowest BCUT2D eigenvalue weighted by atomic mass is 9.78. The Bertz CT molecular complexity index is 888. The van der Waals surface area contributed by atoms with Crippen LogP contribution in [-0.4, -0.2) is 56.2 Å². The predicted octanol–water partition coefficient (Wildman–Crippen LogP) is 3.83. The Morgan fingerprint density at radius 2 is 1.94 bits per heavy atom. The molecule has 2 aromatic heterocycles.